The molecule has 4 nitrogen and oxygen atoms in total. The number of rotatable bonds is 7. The second-order valence-electron chi connectivity index (χ2n) is 6.96. The molecule has 0 amide bonds. The van der Waals surface area contributed by atoms with Crippen molar-refractivity contribution in [1.82, 2.24) is 20.1 Å². The summed E-state index contributed by atoms with van der Waals surface area (Å²) < 4.78 is 0. The maximum absolute atomic E-state index is 4.77. The van der Waals surface area contributed by atoms with Crippen molar-refractivity contribution in [2.45, 2.75) is 39.9 Å². The Kier molecular flexibility index (Phi) is 6.17. The first kappa shape index (κ1) is 16.9. The van der Waals surface area contributed by atoms with Crippen LogP contribution in [0.2, 0.25) is 0 Å². The predicted molar refractivity (Wildman–Crippen MR) is 90.6 cm³/mol. The number of hydrogen-bond donors (Lipinski definition) is 1. The van der Waals surface area contributed by atoms with Crippen LogP contribution in [0.4, 0.5) is 0 Å². The molecule has 1 saturated heterocycles. The molecule has 0 radical (unpaired) electrons. The molecule has 1 aromatic heterocycles. The first-order chi connectivity index (χ1) is 9.95. The van der Waals surface area contributed by atoms with Gasteiger partial charge in [-0.25, -0.2) is 4.98 Å². The van der Waals surface area contributed by atoms with Gasteiger partial charge in [0, 0.05) is 37.6 Å². The zero-order valence-electron chi connectivity index (χ0n) is 14.1. The monoisotopic (exact) mass is 310 g/mol. The third kappa shape index (κ3) is 5.02. The van der Waals surface area contributed by atoms with Gasteiger partial charge in [-0.15, -0.1) is 11.3 Å². The average Bonchev–Trinajstić information content (AvgIpc) is 2.96. The van der Waals surface area contributed by atoms with Crippen LogP contribution in [-0.4, -0.2) is 54.6 Å². The van der Waals surface area contributed by atoms with E-state index >= 15 is 0 Å². The van der Waals surface area contributed by atoms with Crippen LogP contribution in [0.15, 0.2) is 5.38 Å². The Balaban J connectivity index is 1.80. The highest BCUT2D eigenvalue weighted by Gasteiger charge is 2.30. The lowest BCUT2D eigenvalue weighted by Crippen LogP contribution is -2.34. The van der Waals surface area contributed by atoms with E-state index in [-0.39, 0.29) is 0 Å². The summed E-state index contributed by atoms with van der Waals surface area (Å²) in [5.41, 5.74) is 1.23. The molecule has 1 N–H and O–H groups in total. The van der Waals surface area contributed by atoms with Crippen LogP contribution in [0.5, 0.6) is 0 Å². The summed E-state index contributed by atoms with van der Waals surface area (Å²) in [5, 5.41) is 6.90. The Labute approximate surface area is 133 Å². The van der Waals surface area contributed by atoms with Gasteiger partial charge in [0.2, 0.25) is 0 Å². The Morgan fingerprint density at radius 2 is 2.19 bits per heavy atom. The Hall–Kier alpha value is -0.490. The van der Waals surface area contributed by atoms with Crippen LogP contribution >= 0.6 is 11.3 Å². The van der Waals surface area contributed by atoms with Crippen molar-refractivity contribution in [1.29, 1.82) is 0 Å². The topological polar surface area (TPSA) is 31.4 Å². The number of thiazole rings is 1. The molecule has 1 aromatic rings. The van der Waals surface area contributed by atoms with E-state index in [4.69, 9.17) is 4.98 Å². The zero-order chi connectivity index (χ0) is 15.4. The van der Waals surface area contributed by atoms with Crippen molar-refractivity contribution >= 4 is 11.3 Å². The molecule has 1 aliphatic heterocycles. The summed E-state index contributed by atoms with van der Waals surface area (Å²) in [4.78, 5) is 9.66. The van der Waals surface area contributed by atoms with E-state index in [0.717, 1.165) is 32.1 Å². The summed E-state index contributed by atoms with van der Waals surface area (Å²) >= 11 is 1.78. The van der Waals surface area contributed by atoms with Gasteiger partial charge < -0.3 is 10.2 Å². The average molecular weight is 311 g/mol. The maximum Gasteiger partial charge on any atom is 0.107 e. The molecule has 0 spiro atoms. The molecule has 21 heavy (non-hydrogen) atoms. The molecular weight excluding hydrogens is 280 g/mol. The predicted octanol–water partition coefficient (Wildman–Crippen LogP) is 2.27. The van der Waals surface area contributed by atoms with E-state index in [1.54, 1.807) is 11.3 Å². The van der Waals surface area contributed by atoms with E-state index in [1.807, 2.05) is 0 Å². The Bertz CT molecular complexity index is 430. The van der Waals surface area contributed by atoms with Gasteiger partial charge in [0.15, 0.2) is 0 Å². The van der Waals surface area contributed by atoms with Crippen LogP contribution in [-0.2, 0) is 13.1 Å². The normalized spacial score (nSPS) is 23.6. The van der Waals surface area contributed by atoms with Gasteiger partial charge in [0.05, 0.1) is 5.69 Å². The number of aromatic nitrogens is 1. The smallest absolute Gasteiger partial charge is 0.107 e. The summed E-state index contributed by atoms with van der Waals surface area (Å²) in [6.45, 7) is 12.1. The molecule has 5 heteroatoms. The Morgan fingerprint density at radius 1 is 1.43 bits per heavy atom. The van der Waals surface area contributed by atoms with Crippen molar-refractivity contribution in [3.8, 4) is 0 Å². The maximum atomic E-state index is 4.77. The minimum absolute atomic E-state index is 0.677. The largest absolute Gasteiger partial charge is 0.310 e. The molecule has 2 atom stereocenters. The fourth-order valence-corrected chi connectivity index (χ4v) is 3.80. The van der Waals surface area contributed by atoms with Gasteiger partial charge >= 0.3 is 0 Å². The van der Waals surface area contributed by atoms with E-state index in [0.29, 0.717) is 12.0 Å². The van der Waals surface area contributed by atoms with E-state index in [2.05, 4.69) is 55.4 Å². The van der Waals surface area contributed by atoms with Crippen molar-refractivity contribution in [3.63, 3.8) is 0 Å². The lowest BCUT2D eigenvalue weighted by molar-refractivity contribution is 0.249. The summed E-state index contributed by atoms with van der Waals surface area (Å²) in [7, 11) is 4.37. The van der Waals surface area contributed by atoms with Gasteiger partial charge in [0.1, 0.15) is 5.01 Å². The zero-order valence-corrected chi connectivity index (χ0v) is 14.9. The van der Waals surface area contributed by atoms with Crippen molar-refractivity contribution in [3.05, 3.63) is 16.1 Å². The van der Waals surface area contributed by atoms with Crippen LogP contribution < -0.4 is 5.32 Å². The SMILES string of the molecule is CC(C)CNCc1nc(CN2CC(C)C(N(C)C)C2)cs1. The van der Waals surface area contributed by atoms with Gasteiger partial charge in [-0.2, -0.15) is 0 Å². The van der Waals surface area contributed by atoms with Gasteiger partial charge in [-0.3, -0.25) is 4.90 Å². The molecule has 2 unspecified atom stereocenters. The number of likely N-dealkylation sites (N-methyl/N-ethyl adjacent to an activating group) is 1. The van der Waals surface area contributed by atoms with Crippen LogP contribution in [0.1, 0.15) is 31.5 Å². The number of nitrogens with one attached hydrogen (secondary N) is 1. The van der Waals surface area contributed by atoms with Gasteiger partial charge in [-0.1, -0.05) is 20.8 Å². The van der Waals surface area contributed by atoms with E-state index in [1.165, 1.54) is 17.2 Å². The van der Waals surface area contributed by atoms with Crippen LogP contribution in [0.3, 0.4) is 0 Å². The van der Waals surface area contributed by atoms with Crippen molar-refractivity contribution in [2.75, 3.05) is 33.7 Å². The Morgan fingerprint density at radius 3 is 2.81 bits per heavy atom. The fourth-order valence-electron chi connectivity index (χ4n) is 3.05. The van der Waals surface area contributed by atoms with Gasteiger partial charge in [-0.05, 0) is 32.5 Å². The highest BCUT2D eigenvalue weighted by molar-refractivity contribution is 7.09. The molecule has 1 aliphatic rings. The highest BCUT2D eigenvalue weighted by Crippen LogP contribution is 2.22. The summed E-state index contributed by atoms with van der Waals surface area (Å²) in [5.74, 6) is 1.43. The third-order valence-electron chi connectivity index (χ3n) is 4.13. The lowest BCUT2D eigenvalue weighted by Gasteiger charge is -2.22. The number of hydrogen-bond acceptors (Lipinski definition) is 5. The molecule has 2 rings (SSSR count). The molecule has 1 fully saturated rings. The molecule has 120 valence electrons. The van der Waals surface area contributed by atoms with Gasteiger partial charge in [0.25, 0.3) is 0 Å². The quantitative estimate of drug-likeness (QED) is 0.837. The molecule has 2 heterocycles. The summed E-state index contributed by atoms with van der Waals surface area (Å²) in [6.07, 6.45) is 0. The number of nitrogens with zero attached hydrogens (tertiary/aromatic N) is 3. The van der Waals surface area contributed by atoms with Crippen LogP contribution in [0.25, 0.3) is 0 Å². The number of likely N-dealkylation sites (tertiary alicyclic amines) is 1. The fraction of sp³-hybridized carbons (Fsp3) is 0.812. The molecule has 0 bridgehead atoms. The second kappa shape index (κ2) is 7.68. The second-order valence-corrected chi connectivity index (χ2v) is 7.90. The van der Waals surface area contributed by atoms with Crippen LogP contribution in [0, 0.1) is 11.8 Å². The molecule has 0 aliphatic carbocycles. The van der Waals surface area contributed by atoms with E-state index in [9.17, 15) is 0 Å². The van der Waals surface area contributed by atoms with E-state index < -0.39 is 0 Å². The third-order valence-corrected chi connectivity index (χ3v) is 5.02. The highest BCUT2D eigenvalue weighted by atomic mass is 32.1. The minimum atomic E-state index is 0.677. The lowest BCUT2D eigenvalue weighted by atomic mass is 10.1. The first-order valence-corrected chi connectivity index (χ1v) is 8.86. The summed E-state index contributed by atoms with van der Waals surface area (Å²) in [6, 6.07) is 0.677. The molecule has 0 aromatic carbocycles. The molecular formula is C16H30N4S. The van der Waals surface area contributed by atoms with Crippen molar-refractivity contribution < 1.29 is 0 Å². The minimum Gasteiger partial charge on any atom is -0.310 e. The van der Waals surface area contributed by atoms with Crippen molar-refractivity contribution in [2.24, 2.45) is 11.8 Å². The molecule has 0 saturated carbocycles. The first-order valence-electron chi connectivity index (χ1n) is 7.98. The standard InChI is InChI=1S/C16H30N4S/c1-12(2)6-17-7-16-18-14(11-21-16)9-20-8-13(3)15(10-20)19(4)5/h11-13,15,17H,6-10H2,1-5H3.